The second-order valence-electron chi connectivity index (χ2n) is 9.54. The lowest BCUT2D eigenvalue weighted by Crippen LogP contribution is -2.59. The first-order valence-corrected chi connectivity index (χ1v) is 10.9. The molecule has 1 aliphatic rings. The molecular weight excluding hydrogens is 409 g/mol. The number of halogens is 1. The predicted molar refractivity (Wildman–Crippen MR) is 123 cm³/mol. The molecular formula is C24H30FN5O2. The number of nitrogens with zero attached hydrogens (tertiary/aromatic N) is 5. The molecule has 1 aliphatic heterocycles. The Kier molecular flexibility index (Phi) is 5.56. The normalized spacial score (nSPS) is 19.5. The van der Waals surface area contributed by atoms with Gasteiger partial charge in [0.25, 0.3) is 0 Å². The van der Waals surface area contributed by atoms with Crippen molar-refractivity contribution in [3.8, 4) is 5.69 Å². The van der Waals surface area contributed by atoms with Gasteiger partial charge in [0.2, 0.25) is 0 Å². The number of hydrogen-bond donors (Lipinski definition) is 0. The highest BCUT2D eigenvalue weighted by atomic mass is 19.1. The molecule has 1 unspecified atom stereocenters. The van der Waals surface area contributed by atoms with Crippen LogP contribution in [0.4, 0.5) is 15.0 Å². The van der Waals surface area contributed by atoms with Crippen LogP contribution >= 0.6 is 0 Å². The number of hydrogen-bond acceptors (Lipinski definition) is 5. The smallest absolute Gasteiger partial charge is 0.410 e. The quantitative estimate of drug-likeness (QED) is 0.579. The summed E-state index contributed by atoms with van der Waals surface area (Å²) in [7, 11) is 0. The Bertz CT molecular complexity index is 1150. The highest BCUT2D eigenvalue weighted by Crippen LogP contribution is 2.33. The van der Waals surface area contributed by atoms with E-state index in [1.54, 1.807) is 17.3 Å². The van der Waals surface area contributed by atoms with Crippen molar-refractivity contribution in [2.24, 2.45) is 0 Å². The summed E-state index contributed by atoms with van der Waals surface area (Å²) >= 11 is 0. The zero-order valence-electron chi connectivity index (χ0n) is 19.5. The fraction of sp³-hybridized carbons (Fsp3) is 0.458. The molecule has 2 atom stereocenters. The number of ether oxygens (including phenoxy) is 1. The summed E-state index contributed by atoms with van der Waals surface area (Å²) in [6, 6.07) is 6.45. The van der Waals surface area contributed by atoms with E-state index < -0.39 is 5.60 Å². The molecule has 1 amide bonds. The SMILES string of the molecule is Cc1cn(-c2cccc(F)c2)c2ncnc(N3C[C@H](C)N(C(=O)OC(C)(C)C)CC3C)c12. The van der Waals surface area contributed by atoms with Gasteiger partial charge < -0.3 is 19.1 Å². The third-order valence-corrected chi connectivity index (χ3v) is 5.72. The number of aromatic nitrogens is 3. The summed E-state index contributed by atoms with van der Waals surface area (Å²) in [4.78, 5) is 25.8. The van der Waals surface area contributed by atoms with Crippen LogP contribution in [0.3, 0.4) is 0 Å². The minimum Gasteiger partial charge on any atom is -0.444 e. The maximum absolute atomic E-state index is 13.8. The largest absolute Gasteiger partial charge is 0.444 e. The van der Waals surface area contributed by atoms with Crippen molar-refractivity contribution in [2.45, 2.75) is 59.2 Å². The van der Waals surface area contributed by atoms with Crippen LogP contribution in [0.1, 0.15) is 40.2 Å². The minimum atomic E-state index is -0.535. The van der Waals surface area contributed by atoms with Crippen molar-refractivity contribution in [2.75, 3.05) is 18.0 Å². The van der Waals surface area contributed by atoms with Crippen LogP contribution in [0, 0.1) is 12.7 Å². The standard InChI is InChI=1S/C24H30FN5O2/c1-15-11-30(19-9-7-8-18(25)10-19)22-20(15)21(26-14-27-22)28-12-17(3)29(13-16(28)2)23(31)32-24(4,5)6/h7-11,14,16-17H,12-13H2,1-6H3/t16?,17-/m0/s1. The molecule has 0 spiro atoms. The van der Waals surface area contributed by atoms with Gasteiger partial charge in [-0.2, -0.15) is 0 Å². The molecule has 1 saturated heterocycles. The van der Waals surface area contributed by atoms with Crippen molar-refractivity contribution in [1.82, 2.24) is 19.4 Å². The minimum absolute atomic E-state index is 0.0359. The summed E-state index contributed by atoms with van der Waals surface area (Å²) in [5, 5.41) is 0.932. The molecule has 0 N–H and O–H groups in total. The fourth-order valence-electron chi connectivity index (χ4n) is 4.26. The highest BCUT2D eigenvalue weighted by Gasteiger charge is 2.36. The number of amides is 1. The van der Waals surface area contributed by atoms with Gasteiger partial charge in [0, 0.05) is 37.1 Å². The number of benzene rings is 1. The Morgan fingerprint density at radius 2 is 1.91 bits per heavy atom. The molecule has 7 nitrogen and oxygen atoms in total. The number of fused-ring (bicyclic) bond motifs is 1. The molecule has 3 heterocycles. The Hall–Kier alpha value is -3.16. The van der Waals surface area contributed by atoms with Crippen LogP contribution in [-0.2, 0) is 4.74 Å². The average Bonchev–Trinajstić information content (AvgIpc) is 3.05. The molecule has 1 fully saturated rings. The van der Waals surface area contributed by atoms with E-state index in [4.69, 9.17) is 4.74 Å². The lowest BCUT2D eigenvalue weighted by atomic mass is 10.1. The van der Waals surface area contributed by atoms with E-state index >= 15 is 0 Å². The highest BCUT2D eigenvalue weighted by molar-refractivity contribution is 5.92. The van der Waals surface area contributed by atoms with Crippen LogP contribution < -0.4 is 4.90 Å². The first-order valence-electron chi connectivity index (χ1n) is 10.9. The zero-order chi connectivity index (χ0) is 23.2. The fourth-order valence-corrected chi connectivity index (χ4v) is 4.26. The topological polar surface area (TPSA) is 63.5 Å². The molecule has 32 heavy (non-hydrogen) atoms. The number of carbonyl (C=O) groups is 1. The van der Waals surface area contributed by atoms with Gasteiger partial charge in [-0.25, -0.2) is 19.2 Å². The van der Waals surface area contributed by atoms with Crippen molar-refractivity contribution in [3.05, 3.63) is 48.2 Å². The summed E-state index contributed by atoms with van der Waals surface area (Å²) in [5.74, 6) is 0.530. The summed E-state index contributed by atoms with van der Waals surface area (Å²) < 4.78 is 21.3. The molecule has 0 saturated carbocycles. The van der Waals surface area contributed by atoms with Gasteiger partial charge in [-0.15, -0.1) is 0 Å². The summed E-state index contributed by atoms with van der Waals surface area (Å²) in [6.07, 6.45) is 3.21. The van der Waals surface area contributed by atoms with Crippen molar-refractivity contribution in [3.63, 3.8) is 0 Å². The third kappa shape index (κ3) is 4.13. The molecule has 3 aromatic rings. The zero-order valence-corrected chi connectivity index (χ0v) is 19.5. The van der Waals surface area contributed by atoms with Gasteiger partial charge in [0.05, 0.1) is 5.39 Å². The number of rotatable bonds is 2. The van der Waals surface area contributed by atoms with E-state index in [-0.39, 0.29) is 24.0 Å². The Morgan fingerprint density at radius 1 is 1.16 bits per heavy atom. The van der Waals surface area contributed by atoms with Crippen molar-refractivity contribution < 1.29 is 13.9 Å². The maximum Gasteiger partial charge on any atom is 0.410 e. The number of carbonyl (C=O) groups excluding carboxylic acids is 1. The Labute approximate surface area is 187 Å². The van der Waals surface area contributed by atoms with Crippen LogP contribution in [0.2, 0.25) is 0 Å². The van der Waals surface area contributed by atoms with Crippen LogP contribution in [0.15, 0.2) is 36.8 Å². The molecule has 1 aromatic carbocycles. The van der Waals surface area contributed by atoms with Gasteiger partial charge in [0.15, 0.2) is 0 Å². The molecule has 4 rings (SSSR count). The predicted octanol–water partition coefficient (Wildman–Crippen LogP) is 4.70. The van der Waals surface area contributed by atoms with E-state index in [1.165, 1.54) is 12.1 Å². The maximum atomic E-state index is 13.8. The second kappa shape index (κ2) is 8.07. The number of anilines is 1. The molecule has 8 heteroatoms. The second-order valence-corrected chi connectivity index (χ2v) is 9.54. The third-order valence-electron chi connectivity index (χ3n) is 5.72. The first-order chi connectivity index (χ1) is 15.0. The molecule has 0 aliphatic carbocycles. The molecule has 170 valence electrons. The van der Waals surface area contributed by atoms with Crippen molar-refractivity contribution >= 4 is 22.9 Å². The van der Waals surface area contributed by atoms with Crippen LogP contribution in [0.25, 0.3) is 16.7 Å². The van der Waals surface area contributed by atoms with E-state index in [1.807, 2.05) is 51.4 Å². The van der Waals surface area contributed by atoms with E-state index in [0.717, 1.165) is 22.4 Å². The van der Waals surface area contributed by atoms with Gasteiger partial charge in [-0.05, 0) is 65.3 Å². The Morgan fingerprint density at radius 3 is 2.59 bits per heavy atom. The van der Waals surface area contributed by atoms with Gasteiger partial charge in [-0.1, -0.05) is 6.07 Å². The molecule has 2 aromatic heterocycles. The number of aryl methyl sites for hydroxylation is 1. The van der Waals surface area contributed by atoms with Crippen LogP contribution in [0.5, 0.6) is 0 Å². The monoisotopic (exact) mass is 439 g/mol. The summed E-state index contributed by atoms with van der Waals surface area (Å²) in [6.45, 7) is 12.9. The molecule has 0 radical (unpaired) electrons. The summed E-state index contributed by atoms with van der Waals surface area (Å²) in [5.41, 5.74) is 1.91. The van der Waals surface area contributed by atoms with Crippen LogP contribution in [-0.4, -0.2) is 56.3 Å². The average molecular weight is 440 g/mol. The van der Waals surface area contributed by atoms with Crippen molar-refractivity contribution in [1.29, 1.82) is 0 Å². The van der Waals surface area contributed by atoms with E-state index in [9.17, 15) is 9.18 Å². The van der Waals surface area contributed by atoms with Gasteiger partial charge in [-0.3, -0.25) is 0 Å². The first kappa shape index (κ1) is 22.0. The van der Waals surface area contributed by atoms with Gasteiger partial charge >= 0.3 is 6.09 Å². The lowest BCUT2D eigenvalue weighted by molar-refractivity contribution is 0.0130. The lowest BCUT2D eigenvalue weighted by Gasteiger charge is -2.44. The number of piperazine rings is 1. The van der Waals surface area contributed by atoms with E-state index in [2.05, 4.69) is 21.8 Å². The Balaban J connectivity index is 1.68. The molecule has 0 bridgehead atoms. The van der Waals surface area contributed by atoms with Gasteiger partial charge in [0.1, 0.15) is 29.2 Å². The van der Waals surface area contributed by atoms with E-state index in [0.29, 0.717) is 18.8 Å².